The van der Waals surface area contributed by atoms with Gasteiger partial charge in [-0.05, 0) is 49.6 Å². The third-order valence-corrected chi connectivity index (χ3v) is 6.45. The van der Waals surface area contributed by atoms with Crippen LogP contribution >= 0.6 is 0 Å². The van der Waals surface area contributed by atoms with E-state index in [-0.39, 0.29) is 11.4 Å². The maximum atomic E-state index is 13.1. The predicted molar refractivity (Wildman–Crippen MR) is 111 cm³/mol. The van der Waals surface area contributed by atoms with Crippen LogP contribution in [-0.2, 0) is 14.8 Å². The van der Waals surface area contributed by atoms with Crippen molar-refractivity contribution in [2.75, 3.05) is 18.9 Å². The molecule has 0 spiro atoms. The van der Waals surface area contributed by atoms with Gasteiger partial charge in [0.1, 0.15) is 4.90 Å². The molecule has 0 radical (unpaired) electrons. The minimum atomic E-state index is -3.88. The Balaban J connectivity index is 1.86. The third-order valence-electron chi connectivity index (χ3n) is 4.61. The molecule has 146 valence electrons. The van der Waals surface area contributed by atoms with Crippen LogP contribution < -0.4 is 5.32 Å². The lowest BCUT2D eigenvalue weighted by molar-refractivity contribution is -0.116. The Bertz CT molecular complexity index is 1140. The molecule has 3 rings (SSSR count). The molecule has 0 saturated carbocycles. The van der Waals surface area contributed by atoms with Gasteiger partial charge >= 0.3 is 0 Å². The molecule has 0 aliphatic carbocycles. The Labute approximate surface area is 165 Å². The molecule has 0 saturated heterocycles. The van der Waals surface area contributed by atoms with E-state index < -0.39 is 15.9 Å². The normalized spacial score (nSPS) is 11.8. The van der Waals surface area contributed by atoms with Gasteiger partial charge in [0.15, 0.2) is 0 Å². The number of amides is 1. The van der Waals surface area contributed by atoms with Gasteiger partial charge in [-0.3, -0.25) is 9.78 Å². The van der Waals surface area contributed by atoms with Crippen molar-refractivity contribution in [3.63, 3.8) is 0 Å². The molecule has 7 heteroatoms. The smallest absolute Gasteiger partial charge is 0.245 e. The lowest BCUT2D eigenvalue weighted by Crippen LogP contribution is -2.35. The number of nitrogens with one attached hydrogen (secondary N) is 1. The number of carbonyl (C=O) groups excluding carboxylic acids is 1. The summed E-state index contributed by atoms with van der Waals surface area (Å²) in [6.07, 6.45) is 1.63. The highest BCUT2D eigenvalue weighted by Gasteiger charge is 2.26. The van der Waals surface area contributed by atoms with E-state index >= 15 is 0 Å². The zero-order valence-corrected chi connectivity index (χ0v) is 17.2. The van der Waals surface area contributed by atoms with Gasteiger partial charge in [-0.1, -0.05) is 30.3 Å². The Kier molecular flexibility index (Phi) is 5.49. The minimum absolute atomic E-state index is 0.0902. The molecule has 0 atom stereocenters. The van der Waals surface area contributed by atoms with Crippen molar-refractivity contribution in [1.29, 1.82) is 0 Å². The summed E-state index contributed by atoms with van der Waals surface area (Å²) in [6.45, 7) is 5.40. The van der Waals surface area contributed by atoms with Crippen molar-refractivity contribution >= 4 is 32.5 Å². The Hall–Kier alpha value is -2.77. The first-order valence-corrected chi connectivity index (χ1v) is 10.3. The fourth-order valence-corrected chi connectivity index (χ4v) is 4.39. The Morgan fingerprint density at radius 1 is 1.07 bits per heavy atom. The predicted octanol–water partition coefficient (Wildman–Crippen LogP) is 3.42. The number of rotatable bonds is 5. The van der Waals surface area contributed by atoms with Gasteiger partial charge in [0.2, 0.25) is 15.9 Å². The fourth-order valence-electron chi connectivity index (χ4n) is 3.10. The van der Waals surface area contributed by atoms with Crippen molar-refractivity contribution in [2.24, 2.45) is 0 Å². The summed E-state index contributed by atoms with van der Waals surface area (Å²) in [5, 5.41) is 3.56. The minimum Gasteiger partial charge on any atom is -0.324 e. The Morgan fingerprint density at radius 3 is 2.39 bits per heavy atom. The van der Waals surface area contributed by atoms with E-state index in [2.05, 4.69) is 10.3 Å². The lowest BCUT2D eigenvalue weighted by atomic mass is 10.1. The van der Waals surface area contributed by atoms with Crippen molar-refractivity contribution < 1.29 is 13.2 Å². The van der Waals surface area contributed by atoms with Crippen LogP contribution in [0.25, 0.3) is 10.9 Å². The molecule has 1 N–H and O–H groups in total. The monoisotopic (exact) mass is 397 g/mol. The molecule has 28 heavy (non-hydrogen) atoms. The van der Waals surface area contributed by atoms with Gasteiger partial charge in [0.25, 0.3) is 0 Å². The molecule has 6 nitrogen and oxygen atoms in total. The van der Waals surface area contributed by atoms with Crippen LogP contribution in [0.3, 0.4) is 0 Å². The standard InChI is InChI=1S/C21H23N3O3S/c1-14-11-17-9-6-10-18(21(17)22-12-14)28(26,27)24(4)13-19(25)23-20-15(2)7-5-8-16(20)3/h5-12H,13H2,1-4H3,(H,23,25). The summed E-state index contributed by atoms with van der Waals surface area (Å²) in [5.74, 6) is -0.396. The third kappa shape index (κ3) is 3.90. The van der Waals surface area contributed by atoms with E-state index in [1.54, 1.807) is 12.3 Å². The molecule has 3 aromatic rings. The first-order valence-electron chi connectivity index (χ1n) is 8.88. The van der Waals surface area contributed by atoms with Crippen LogP contribution in [0.5, 0.6) is 0 Å². The maximum absolute atomic E-state index is 13.1. The molecule has 0 unspecified atom stereocenters. The SMILES string of the molecule is Cc1cnc2c(S(=O)(=O)N(C)CC(=O)Nc3c(C)cccc3C)cccc2c1. The Morgan fingerprint density at radius 2 is 1.71 bits per heavy atom. The van der Waals surface area contributed by atoms with Crippen molar-refractivity contribution in [2.45, 2.75) is 25.7 Å². The molecular weight excluding hydrogens is 374 g/mol. The van der Waals surface area contributed by atoms with Crippen LogP contribution in [0.2, 0.25) is 0 Å². The number of benzene rings is 2. The summed E-state index contributed by atoms with van der Waals surface area (Å²) in [7, 11) is -2.48. The highest BCUT2D eigenvalue weighted by molar-refractivity contribution is 7.89. The molecule has 0 aliphatic rings. The number of likely N-dealkylation sites (N-methyl/N-ethyl adjacent to an activating group) is 1. The average molecular weight is 398 g/mol. The number of hydrogen-bond acceptors (Lipinski definition) is 4. The van der Waals surface area contributed by atoms with Gasteiger partial charge < -0.3 is 5.32 Å². The van der Waals surface area contributed by atoms with Gasteiger partial charge in [0, 0.05) is 24.3 Å². The lowest BCUT2D eigenvalue weighted by Gasteiger charge is -2.19. The highest BCUT2D eigenvalue weighted by atomic mass is 32.2. The largest absolute Gasteiger partial charge is 0.324 e. The van der Waals surface area contributed by atoms with Gasteiger partial charge in [-0.15, -0.1) is 0 Å². The van der Waals surface area contributed by atoms with Crippen LogP contribution in [0.15, 0.2) is 53.6 Å². The number of anilines is 1. The molecule has 1 amide bonds. The van der Waals surface area contributed by atoms with Crippen molar-refractivity contribution in [3.05, 3.63) is 65.4 Å². The molecule has 0 aliphatic heterocycles. The summed E-state index contributed by atoms with van der Waals surface area (Å²) < 4.78 is 27.2. The number of aryl methyl sites for hydroxylation is 3. The van der Waals surface area contributed by atoms with E-state index in [0.29, 0.717) is 11.2 Å². The van der Waals surface area contributed by atoms with E-state index in [1.807, 2.05) is 51.1 Å². The van der Waals surface area contributed by atoms with E-state index in [0.717, 1.165) is 26.4 Å². The van der Waals surface area contributed by atoms with E-state index in [4.69, 9.17) is 0 Å². The number of pyridine rings is 1. The van der Waals surface area contributed by atoms with Crippen LogP contribution in [0, 0.1) is 20.8 Å². The maximum Gasteiger partial charge on any atom is 0.245 e. The van der Waals surface area contributed by atoms with Crippen LogP contribution in [-0.4, -0.2) is 37.2 Å². The summed E-state index contributed by atoms with van der Waals surface area (Å²) in [4.78, 5) is 16.9. The molecule has 0 bridgehead atoms. The summed E-state index contributed by atoms with van der Waals surface area (Å²) in [5.41, 5.74) is 3.90. The quantitative estimate of drug-likeness (QED) is 0.715. The second-order valence-corrected chi connectivity index (χ2v) is 8.93. The number of nitrogens with zero attached hydrogens (tertiary/aromatic N) is 2. The number of hydrogen-bond donors (Lipinski definition) is 1. The molecule has 1 heterocycles. The molecule has 0 fully saturated rings. The average Bonchev–Trinajstić information content (AvgIpc) is 2.64. The van der Waals surface area contributed by atoms with Gasteiger partial charge in [-0.2, -0.15) is 4.31 Å². The van der Waals surface area contributed by atoms with Crippen molar-refractivity contribution in [1.82, 2.24) is 9.29 Å². The topological polar surface area (TPSA) is 79.4 Å². The van der Waals surface area contributed by atoms with Gasteiger partial charge in [-0.25, -0.2) is 8.42 Å². The number of aromatic nitrogens is 1. The number of para-hydroxylation sites is 2. The summed E-state index contributed by atoms with van der Waals surface area (Å²) >= 11 is 0. The zero-order chi connectivity index (χ0) is 20.5. The second kappa shape index (κ2) is 7.69. The van der Waals surface area contributed by atoms with E-state index in [1.165, 1.54) is 13.1 Å². The summed E-state index contributed by atoms with van der Waals surface area (Å²) in [6, 6.07) is 12.6. The second-order valence-electron chi connectivity index (χ2n) is 6.92. The highest BCUT2D eigenvalue weighted by Crippen LogP contribution is 2.24. The molecular formula is C21H23N3O3S. The zero-order valence-electron chi connectivity index (χ0n) is 16.4. The van der Waals surface area contributed by atoms with Crippen LogP contribution in [0.1, 0.15) is 16.7 Å². The first-order chi connectivity index (χ1) is 13.2. The number of carbonyl (C=O) groups is 1. The van der Waals surface area contributed by atoms with E-state index in [9.17, 15) is 13.2 Å². The fraction of sp³-hybridized carbons (Fsp3) is 0.238. The molecule has 2 aromatic carbocycles. The van der Waals surface area contributed by atoms with Crippen molar-refractivity contribution in [3.8, 4) is 0 Å². The molecule has 1 aromatic heterocycles. The van der Waals surface area contributed by atoms with Gasteiger partial charge in [0.05, 0.1) is 12.1 Å². The van der Waals surface area contributed by atoms with Crippen LogP contribution in [0.4, 0.5) is 5.69 Å². The first kappa shape index (κ1) is 20.0. The number of fused-ring (bicyclic) bond motifs is 1. The number of sulfonamides is 1.